The maximum Gasteiger partial charge on any atom is 0.201 e. The van der Waals surface area contributed by atoms with Gasteiger partial charge in [0.05, 0.1) is 6.17 Å². The summed E-state index contributed by atoms with van der Waals surface area (Å²) >= 11 is 0. The second-order valence-electron chi connectivity index (χ2n) is 14.1. The topological polar surface area (TPSA) is 76.5 Å². The molecule has 1 fully saturated rings. The van der Waals surface area contributed by atoms with Crippen molar-refractivity contribution in [2.45, 2.75) is 18.5 Å². The summed E-state index contributed by atoms with van der Waals surface area (Å²) in [6, 6.07) is 53.5. The van der Waals surface area contributed by atoms with E-state index in [2.05, 4.69) is 162 Å². The largest absolute Gasteiger partial charge is 0.624 e. The average Bonchev–Trinajstić information content (AvgIpc) is 3.82. The number of fused-ring (bicyclic) bond motifs is 7. The van der Waals surface area contributed by atoms with E-state index >= 15 is 0 Å². The molecule has 2 aliphatic rings. The first-order chi connectivity index (χ1) is 26.8. The zero-order valence-corrected chi connectivity index (χ0v) is 29.3. The fourth-order valence-corrected chi connectivity index (χ4v) is 8.50. The lowest BCUT2D eigenvalue weighted by Crippen LogP contribution is -2.44. The van der Waals surface area contributed by atoms with Crippen molar-refractivity contribution in [2.24, 2.45) is 0 Å². The molecule has 0 saturated carbocycles. The van der Waals surface area contributed by atoms with Gasteiger partial charge in [-0.25, -0.2) is 0 Å². The normalized spacial score (nSPS) is 18.3. The van der Waals surface area contributed by atoms with Gasteiger partial charge >= 0.3 is 0 Å². The second-order valence-corrected chi connectivity index (χ2v) is 14.1. The van der Waals surface area contributed by atoms with Crippen LogP contribution >= 0.6 is 0 Å². The number of nitrogens with zero attached hydrogens (tertiary/aromatic N) is 1. The predicted molar refractivity (Wildman–Crippen MR) is 220 cm³/mol. The van der Waals surface area contributed by atoms with Gasteiger partial charge in [-0.15, -0.1) is 0 Å². The molecule has 4 heterocycles. The Hall–Kier alpha value is -6.44. The highest BCUT2D eigenvalue weighted by Gasteiger charge is 2.26. The van der Waals surface area contributed by atoms with Crippen molar-refractivity contribution < 1.29 is 8.83 Å². The Balaban J connectivity index is 1.06. The van der Waals surface area contributed by atoms with E-state index in [9.17, 15) is 0 Å². The molecule has 54 heavy (non-hydrogen) atoms. The van der Waals surface area contributed by atoms with Gasteiger partial charge in [0.15, 0.2) is 0 Å². The molecule has 0 aliphatic carbocycles. The van der Waals surface area contributed by atoms with E-state index in [4.69, 9.17) is 14.2 Å². The van der Waals surface area contributed by atoms with Gasteiger partial charge in [-0.05, 0) is 74.0 Å². The highest BCUT2D eigenvalue weighted by molar-refractivity contribution is 6.10. The molecule has 0 spiro atoms. The van der Waals surface area contributed by atoms with Crippen LogP contribution in [-0.4, -0.2) is 6.54 Å². The zero-order valence-electron chi connectivity index (χ0n) is 29.3. The van der Waals surface area contributed by atoms with Crippen molar-refractivity contribution in [3.63, 3.8) is 0 Å². The molecule has 2 aliphatic heterocycles. The van der Waals surface area contributed by atoms with E-state index in [0.29, 0.717) is 0 Å². The van der Waals surface area contributed by atoms with Gasteiger partial charge in [0, 0.05) is 28.3 Å². The summed E-state index contributed by atoms with van der Waals surface area (Å²) in [5.41, 5.74) is 11.7. The maximum absolute atomic E-state index is 6.34. The van der Waals surface area contributed by atoms with Crippen molar-refractivity contribution in [3.8, 4) is 22.3 Å². The average molecular weight is 700 g/mol. The van der Waals surface area contributed by atoms with Crippen LogP contribution in [0.4, 0.5) is 5.88 Å². The van der Waals surface area contributed by atoms with Gasteiger partial charge in [-0.1, -0.05) is 152 Å². The lowest BCUT2D eigenvalue weighted by molar-refractivity contribution is 0.318. The Bertz CT molecular complexity index is 2910. The lowest BCUT2D eigenvalue weighted by atomic mass is 9.90. The Morgan fingerprint density at radius 1 is 0.519 bits per heavy atom. The molecule has 3 atom stereocenters. The Labute approximate surface area is 312 Å². The summed E-state index contributed by atoms with van der Waals surface area (Å²) in [7, 11) is 0. The van der Waals surface area contributed by atoms with Gasteiger partial charge in [0.1, 0.15) is 16.7 Å². The first-order valence-corrected chi connectivity index (χ1v) is 18.5. The van der Waals surface area contributed by atoms with Crippen LogP contribution in [0, 0.1) is 0 Å². The summed E-state index contributed by atoms with van der Waals surface area (Å²) in [5.74, 6) is 0.826. The smallest absolute Gasteiger partial charge is 0.201 e. The van der Waals surface area contributed by atoms with E-state index in [1.54, 1.807) is 0 Å². The maximum atomic E-state index is 6.34. The summed E-state index contributed by atoms with van der Waals surface area (Å²) in [4.78, 5) is 0. The zero-order chi connectivity index (χ0) is 35.6. The first kappa shape index (κ1) is 31.1. The highest BCUT2D eigenvalue weighted by atomic mass is 16.4. The SMILES string of the molecule is C1=Cc2c(oc3cccc(-c4ccc(C5[N-]C(c6cccc7oc8ccccc8c67)NC(c6cccc(-c7ccccc7)c6)N5)c5ccccc45)c23)NC1. The number of rotatable bonds is 5. The molecule has 260 valence electrons. The number of hydrogen-bond acceptors (Lipinski definition) is 5. The molecule has 3 unspecified atom stereocenters. The van der Waals surface area contributed by atoms with Gasteiger partial charge in [-0.2, -0.15) is 0 Å². The second kappa shape index (κ2) is 12.6. The number of hydrogen-bond donors (Lipinski definition) is 3. The Morgan fingerprint density at radius 2 is 1.22 bits per heavy atom. The number of benzene rings is 7. The van der Waals surface area contributed by atoms with Gasteiger partial charge in [0.2, 0.25) is 5.88 Å². The third-order valence-corrected chi connectivity index (χ3v) is 11.0. The molecule has 11 rings (SSSR count). The fraction of sp³-hybridized carbons (Fsp3) is 0.0833. The van der Waals surface area contributed by atoms with Crippen LogP contribution in [0.2, 0.25) is 0 Å². The van der Waals surface area contributed by atoms with E-state index in [1.165, 1.54) is 16.5 Å². The van der Waals surface area contributed by atoms with Crippen LogP contribution in [-0.2, 0) is 0 Å². The first-order valence-electron chi connectivity index (χ1n) is 18.5. The summed E-state index contributed by atoms with van der Waals surface area (Å²) in [6.07, 6.45) is 3.48. The van der Waals surface area contributed by atoms with Gasteiger partial charge in [0.25, 0.3) is 0 Å². The van der Waals surface area contributed by atoms with Crippen molar-refractivity contribution in [3.05, 3.63) is 185 Å². The van der Waals surface area contributed by atoms with Crippen LogP contribution in [0.1, 0.15) is 40.8 Å². The molecular weight excluding hydrogens is 665 g/mol. The minimum Gasteiger partial charge on any atom is -0.624 e. The molecular formula is C48H35N4O2-. The molecule has 7 aromatic carbocycles. The van der Waals surface area contributed by atoms with Crippen LogP contribution in [0.15, 0.2) is 167 Å². The van der Waals surface area contributed by atoms with E-state index in [1.807, 2.05) is 18.2 Å². The van der Waals surface area contributed by atoms with Gasteiger partial charge < -0.3 is 30.1 Å². The monoisotopic (exact) mass is 699 g/mol. The molecule has 9 aromatic rings. The Kier molecular flexibility index (Phi) is 7.26. The number of nitrogens with one attached hydrogen (secondary N) is 3. The molecule has 6 nitrogen and oxygen atoms in total. The molecule has 6 heteroatoms. The molecule has 0 radical (unpaired) electrons. The van der Waals surface area contributed by atoms with Crippen molar-refractivity contribution >= 4 is 55.6 Å². The molecule has 0 bridgehead atoms. The van der Waals surface area contributed by atoms with Crippen molar-refractivity contribution in [1.29, 1.82) is 0 Å². The van der Waals surface area contributed by atoms with E-state index < -0.39 is 0 Å². The van der Waals surface area contributed by atoms with Crippen LogP contribution < -0.4 is 16.0 Å². The standard InChI is InChI=1S/C48H35N4O2/c1-2-12-29(13-3-1)30-14-8-15-31(28-30)45-50-46(52-47(51-45)38-20-10-23-41-44(38)37-18-6-7-22-40(37)53-41)36-26-25-34(32-16-4-5-17-33(32)36)35-19-9-24-42-43(35)39-21-11-27-49-48(39)54-42/h1-26,28,45-47,49-51H,27H2/q-1. The third kappa shape index (κ3) is 5.07. The van der Waals surface area contributed by atoms with Crippen LogP contribution in [0.3, 0.4) is 0 Å². The fourth-order valence-electron chi connectivity index (χ4n) is 8.50. The summed E-state index contributed by atoms with van der Waals surface area (Å²) < 4.78 is 12.6. The van der Waals surface area contributed by atoms with Crippen LogP contribution in [0.5, 0.6) is 0 Å². The van der Waals surface area contributed by atoms with Crippen molar-refractivity contribution in [1.82, 2.24) is 10.6 Å². The third-order valence-electron chi connectivity index (χ3n) is 11.0. The van der Waals surface area contributed by atoms with E-state index in [0.717, 1.165) is 84.1 Å². The van der Waals surface area contributed by atoms with Crippen LogP contribution in [0.25, 0.3) is 77.3 Å². The summed E-state index contributed by atoms with van der Waals surface area (Å²) in [5, 5.41) is 22.4. The molecule has 0 amide bonds. The minimum absolute atomic E-state index is 0.196. The number of para-hydroxylation sites is 1. The van der Waals surface area contributed by atoms with Crippen molar-refractivity contribution in [2.75, 3.05) is 11.9 Å². The highest BCUT2D eigenvalue weighted by Crippen LogP contribution is 2.46. The minimum atomic E-state index is -0.324. The van der Waals surface area contributed by atoms with E-state index in [-0.39, 0.29) is 18.5 Å². The quantitative estimate of drug-likeness (QED) is 0.167. The summed E-state index contributed by atoms with van der Waals surface area (Å²) in [6.45, 7) is 0.760. The molecule has 3 N–H and O–H groups in total. The van der Waals surface area contributed by atoms with Gasteiger partial charge in [-0.3, -0.25) is 0 Å². The predicted octanol–water partition coefficient (Wildman–Crippen LogP) is 12.2. The Morgan fingerprint density at radius 3 is 2.11 bits per heavy atom. The molecule has 1 saturated heterocycles. The number of anilines is 1. The molecule has 2 aromatic heterocycles. The lowest BCUT2D eigenvalue weighted by Gasteiger charge is -2.50. The number of furan rings is 2.